The van der Waals surface area contributed by atoms with E-state index in [1.807, 2.05) is 6.08 Å². The SMILES string of the molecule is C=C[CH2][Ge]12[O]C(C)CN(C[C@H](C)[O]1)C[C@H](C)[O]2. The van der Waals surface area contributed by atoms with Crippen LogP contribution in [0.3, 0.4) is 0 Å². The minimum atomic E-state index is -3.13. The van der Waals surface area contributed by atoms with Gasteiger partial charge in [0.2, 0.25) is 0 Å². The molecule has 98 valence electrons. The van der Waals surface area contributed by atoms with Gasteiger partial charge >= 0.3 is 107 Å². The molecule has 0 aliphatic carbocycles. The van der Waals surface area contributed by atoms with Crippen LogP contribution in [-0.2, 0) is 11.3 Å². The zero-order chi connectivity index (χ0) is 12.5. The molecule has 5 heteroatoms. The molecule has 3 aliphatic rings. The average molecular weight is 302 g/mol. The second kappa shape index (κ2) is 5.40. The molecule has 2 bridgehead atoms. The van der Waals surface area contributed by atoms with Crippen LogP contribution in [0.4, 0.5) is 0 Å². The first-order valence-corrected chi connectivity index (χ1v) is 10.4. The minimum absolute atomic E-state index is 0.190. The topological polar surface area (TPSA) is 30.9 Å². The molecular weight excluding hydrogens is 279 g/mol. The van der Waals surface area contributed by atoms with Crippen molar-refractivity contribution in [3.05, 3.63) is 12.7 Å². The number of hydrogen-bond acceptors (Lipinski definition) is 4. The molecule has 3 aliphatic heterocycles. The van der Waals surface area contributed by atoms with Gasteiger partial charge in [-0.3, -0.25) is 0 Å². The zero-order valence-electron chi connectivity index (χ0n) is 11.0. The Morgan fingerprint density at radius 1 is 1.06 bits per heavy atom. The molecule has 0 amide bonds. The molecule has 17 heavy (non-hydrogen) atoms. The van der Waals surface area contributed by atoms with Crippen LogP contribution in [0, 0.1) is 0 Å². The Kier molecular flexibility index (Phi) is 4.31. The standard InChI is InChI=1S/C12H23GeNO3/c1-5-6-13-15-10(2)7-14(8-11(3)16-13)9-12(4)17-13/h5,10-12H,1,6-9H2,2-4H3/t10-,11-,12?/m0/s1. The number of nitrogens with zero attached hydrogens (tertiary/aromatic N) is 1. The van der Waals surface area contributed by atoms with Crippen molar-refractivity contribution < 1.29 is 11.3 Å². The second-order valence-corrected chi connectivity index (χ2v) is 10.4. The first kappa shape index (κ1) is 13.6. The third kappa shape index (κ3) is 3.32. The summed E-state index contributed by atoms with van der Waals surface area (Å²) in [4.78, 5) is 2.37. The van der Waals surface area contributed by atoms with Crippen LogP contribution >= 0.6 is 0 Å². The van der Waals surface area contributed by atoms with Crippen LogP contribution in [0.1, 0.15) is 20.8 Å². The first-order chi connectivity index (χ1) is 8.03. The van der Waals surface area contributed by atoms with Crippen LogP contribution in [0.15, 0.2) is 12.7 Å². The van der Waals surface area contributed by atoms with Gasteiger partial charge in [-0.05, 0) is 0 Å². The van der Waals surface area contributed by atoms with Crippen LogP contribution in [-0.4, -0.2) is 57.1 Å². The molecule has 0 saturated carbocycles. The van der Waals surface area contributed by atoms with E-state index >= 15 is 0 Å². The molecular formula is C12H23GeNO3. The monoisotopic (exact) mass is 303 g/mol. The molecule has 3 fully saturated rings. The Balaban J connectivity index is 2.25. The number of hydrogen-bond donors (Lipinski definition) is 0. The van der Waals surface area contributed by atoms with E-state index in [2.05, 4.69) is 32.3 Å². The van der Waals surface area contributed by atoms with Crippen molar-refractivity contribution in [2.24, 2.45) is 0 Å². The predicted molar refractivity (Wildman–Crippen MR) is 68.8 cm³/mol. The Hall–Kier alpha value is 0.123. The van der Waals surface area contributed by atoms with Gasteiger partial charge in [-0.15, -0.1) is 0 Å². The fourth-order valence-corrected chi connectivity index (χ4v) is 8.78. The van der Waals surface area contributed by atoms with Gasteiger partial charge in [0.1, 0.15) is 0 Å². The van der Waals surface area contributed by atoms with Gasteiger partial charge in [0.25, 0.3) is 0 Å². The molecule has 0 radical (unpaired) electrons. The van der Waals surface area contributed by atoms with Gasteiger partial charge in [0.15, 0.2) is 0 Å². The molecule has 3 heterocycles. The van der Waals surface area contributed by atoms with Crippen LogP contribution in [0.25, 0.3) is 0 Å². The van der Waals surface area contributed by atoms with E-state index in [-0.39, 0.29) is 18.3 Å². The van der Waals surface area contributed by atoms with E-state index in [1.54, 1.807) is 0 Å². The maximum absolute atomic E-state index is 6.16. The third-order valence-electron chi connectivity index (χ3n) is 3.08. The summed E-state index contributed by atoms with van der Waals surface area (Å²) < 4.78 is 18.5. The molecule has 0 spiro atoms. The van der Waals surface area contributed by atoms with Gasteiger partial charge in [0, 0.05) is 0 Å². The molecule has 3 atom stereocenters. The molecule has 3 rings (SSSR count). The molecule has 0 aromatic rings. The van der Waals surface area contributed by atoms with E-state index in [9.17, 15) is 0 Å². The summed E-state index contributed by atoms with van der Waals surface area (Å²) in [5.41, 5.74) is 0. The first-order valence-electron chi connectivity index (χ1n) is 6.40. The summed E-state index contributed by atoms with van der Waals surface area (Å²) in [7, 11) is 0. The van der Waals surface area contributed by atoms with Crippen LogP contribution < -0.4 is 0 Å². The molecule has 4 nitrogen and oxygen atoms in total. The van der Waals surface area contributed by atoms with Crippen molar-refractivity contribution >= 4 is 14.3 Å². The molecule has 0 aromatic heterocycles. The van der Waals surface area contributed by atoms with Crippen molar-refractivity contribution in [2.45, 2.75) is 44.3 Å². The normalized spacial score (nSPS) is 47.0. The van der Waals surface area contributed by atoms with Crippen molar-refractivity contribution in [3.63, 3.8) is 0 Å². The Labute approximate surface area is 107 Å². The van der Waals surface area contributed by atoms with Crippen molar-refractivity contribution in [1.82, 2.24) is 4.90 Å². The molecule has 0 N–H and O–H groups in total. The average Bonchev–Trinajstić information content (AvgIpc) is 2.11. The van der Waals surface area contributed by atoms with Gasteiger partial charge in [-0.25, -0.2) is 0 Å². The van der Waals surface area contributed by atoms with Gasteiger partial charge < -0.3 is 0 Å². The number of fused-ring (bicyclic) bond motifs is 6. The quantitative estimate of drug-likeness (QED) is 0.573. The number of allylic oxidation sites excluding steroid dienone is 1. The molecule has 0 aromatic carbocycles. The van der Waals surface area contributed by atoms with Gasteiger partial charge in [0.05, 0.1) is 0 Å². The van der Waals surface area contributed by atoms with Gasteiger partial charge in [-0.1, -0.05) is 0 Å². The summed E-state index contributed by atoms with van der Waals surface area (Å²) in [6.45, 7) is 13.1. The van der Waals surface area contributed by atoms with E-state index in [4.69, 9.17) is 11.3 Å². The Morgan fingerprint density at radius 3 is 1.82 bits per heavy atom. The maximum atomic E-state index is 6.16. The summed E-state index contributed by atoms with van der Waals surface area (Å²) in [6, 6.07) is 0. The fourth-order valence-electron chi connectivity index (χ4n) is 2.75. The van der Waals surface area contributed by atoms with E-state index in [0.29, 0.717) is 0 Å². The van der Waals surface area contributed by atoms with Crippen molar-refractivity contribution in [1.29, 1.82) is 0 Å². The Bertz CT molecular complexity index is 251. The van der Waals surface area contributed by atoms with Crippen molar-refractivity contribution in [3.8, 4) is 0 Å². The third-order valence-corrected chi connectivity index (χ3v) is 9.53. The summed E-state index contributed by atoms with van der Waals surface area (Å²) in [6.07, 6.45) is 2.45. The summed E-state index contributed by atoms with van der Waals surface area (Å²) >= 11 is -3.13. The second-order valence-electron chi connectivity index (χ2n) is 5.18. The predicted octanol–water partition coefficient (Wildman–Crippen LogP) is 1.66. The summed E-state index contributed by atoms with van der Waals surface area (Å²) in [5, 5.41) is 0.749. The molecule has 1 unspecified atom stereocenters. The van der Waals surface area contributed by atoms with E-state index < -0.39 is 14.3 Å². The van der Waals surface area contributed by atoms with Crippen molar-refractivity contribution in [2.75, 3.05) is 19.6 Å². The van der Waals surface area contributed by atoms with Gasteiger partial charge in [-0.2, -0.15) is 0 Å². The van der Waals surface area contributed by atoms with Crippen LogP contribution in [0.5, 0.6) is 0 Å². The number of rotatable bonds is 2. The summed E-state index contributed by atoms with van der Waals surface area (Å²) in [5.74, 6) is 0. The van der Waals surface area contributed by atoms with Crippen LogP contribution in [0.2, 0.25) is 5.25 Å². The zero-order valence-corrected chi connectivity index (χ0v) is 13.1. The fraction of sp³-hybridized carbons (Fsp3) is 0.833. The van der Waals surface area contributed by atoms with E-state index in [0.717, 1.165) is 24.9 Å². The Morgan fingerprint density at radius 2 is 1.47 bits per heavy atom. The molecule has 3 saturated heterocycles. The van der Waals surface area contributed by atoms with E-state index in [1.165, 1.54) is 0 Å².